The Morgan fingerprint density at radius 3 is 2.15 bits per heavy atom. The van der Waals surface area contributed by atoms with Crippen LogP contribution in [0.15, 0.2) is 35.2 Å². The summed E-state index contributed by atoms with van der Waals surface area (Å²) in [5.41, 5.74) is -1.72. The average molecular weight is 663 g/mol. The summed E-state index contributed by atoms with van der Waals surface area (Å²) in [5, 5.41) is 7.81. The molecule has 5 unspecified atom stereocenters. The van der Waals surface area contributed by atoms with Gasteiger partial charge in [-0.25, -0.2) is 13.2 Å². The van der Waals surface area contributed by atoms with Gasteiger partial charge in [-0.15, -0.1) is 0 Å². The van der Waals surface area contributed by atoms with Gasteiger partial charge in [0.15, 0.2) is 9.84 Å². The van der Waals surface area contributed by atoms with Crippen molar-refractivity contribution in [1.82, 2.24) is 20.9 Å². The molecule has 1 aliphatic carbocycles. The van der Waals surface area contributed by atoms with Gasteiger partial charge in [0.05, 0.1) is 16.7 Å². The molecule has 5 atom stereocenters. The van der Waals surface area contributed by atoms with Crippen LogP contribution in [-0.4, -0.2) is 85.5 Å². The Morgan fingerprint density at radius 2 is 1.61 bits per heavy atom. The third-order valence-electron chi connectivity index (χ3n) is 8.73. The number of sulfone groups is 1. The van der Waals surface area contributed by atoms with E-state index in [4.69, 9.17) is 4.74 Å². The fourth-order valence-electron chi connectivity index (χ4n) is 6.16. The lowest BCUT2D eigenvalue weighted by Crippen LogP contribution is -2.60. The minimum atomic E-state index is -3.67. The average Bonchev–Trinajstić information content (AvgIpc) is 3.26. The highest BCUT2D eigenvalue weighted by Crippen LogP contribution is 2.65. The Kier molecular flexibility index (Phi) is 11.0. The second kappa shape index (κ2) is 13.7. The summed E-state index contributed by atoms with van der Waals surface area (Å²) in [6, 6.07) is 4.71. The molecule has 256 valence electrons. The van der Waals surface area contributed by atoms with Crippen molar-refractivity contribution in [3.05, 3.63) is 30.3 Å². The monoisotopic (exact) mass is 662 g/mol. The largest absolute Gasteiger partial charge is 0.444 e. The highest BCUT2D eigenvalue weighted by molar-refractivity contribution is 7.91. The maximum Gasteiger partial charge on any atom is 0.408 e. The number of rotatable bonds is 12. The fourth-order valence-corrected chi connectivity index (χ4v) is 7.34. The molecule has 1 aliphatic heterocycles. The van der Waals surface area contributed by atoms with Crippen LogP contribution in [0.3, 0.4) is 0 Å². The van der Waals surface area contributed by atoms with Crippen LogP contribution in [0.25, 0.3) is 0 Å². The topological polar surface area (TPSA) is 168 Å². The SMILES string of the molecule is CCCC(NC(=O)C1C2C(CN1C(=O)C(NC(=O)OC(C)(C)C)C(C)(C)C)C2(C)C)C(=O)C(=O)NCCS(=O)(=O)c1ccccc1. The minimum Gasteiger partial charge on any atom is -0.444 e. The number of amides is 4. The van der Waals surface area contributed by atoms with Crippen molar-refractivity contribution in [3.63, 3.8) is 0 Å². The Labute approximate surface area is 272 Å². The highest BCUT2D eigenvalue weighted by atomic mass is 32.2. The maximum absolute atomic E-state index is 14.0. The molecule has 2 aliphatic rings. The fraction of sp³-hybridized carbons (Fsp3) is 0.667. The number of piperidine rings is 1. The van der Waals surface area contributed by atoms with E-state index in [0.717, 1.165) is 0 Å². The van der Waals surface area contributed by atoms with Crippen molar-refractivity contribution >= 4 is 39.4 Å². The van der Waals surface area contributed by atoms with E-state index < -0.39 is 74.3 Å². The molecule has 1 aromatic carbocycles. The van der Waals surface area contributed by atoms with E-state index in [1.54, 1.807) is 45.9 Å². The standard InChI is InChI=1S/C33H50N4O8S/c1-10-14-22(25(38)28(40)34-17-18-46(43,44)20-15-12-11-13-16-20)35-27(39)24-23-21(33(23,8)9)19-37(24)29(41)26(31(2,3)4)36-30(42)45-32(5,6)7/h11-13,15-16,21-24,26H,10,14,17-19H2,1-9H3,(H,34,40)(H,35,39)(H,36,42). The molecule has 1 heterocycles. The molecule has 0 bridgehead atoms. The molecule has 0 aromatic heterocycles. The molecule has 1 aromatic rings. The molecular weight excluding hydrogens is 612 g/mol. The van der Waals surface area contributed by atoms with Crippen LogP contribution in [0.5, 0.6) is 0 Å². The van der Waals surface area contributed by atoms with Crippen LogP contribution < -0.4 is 16.0 Å². The van der Waals surface area contributed by atoms with Crippen molar-refractivity contribution < 1.29 is 37.1 Å². The van der Waals surface area contributed by atoms with E-state index in [1.807, 2.05) is 34.6 Å². The number of hydrogen-bond donors (Lipinski definition) is 3. The van der Waals surface area contributed by atoms with Crippen molar-refractivity contribution in [2.75, 3.05) is 18.8 Å². The van der Waals surface area contributed by atoms with Crippen molar-refractivity contribution in [1.29, 1.82) is 0 Å². The smallest absolute Gasteiger partial charge is 0.408 e. The van der Waals surface area contributed by atoms with Crippen LogP contribution in [0.1, 0.15) is 75.2 Å². The quantitative estimate of drug-likeness (QED) is 0.287. The summed E-state index contributed by atoms with van der Waals surface area (Å²) in [4.78, 5) is 68.2. The number of ketones is 1. The lowest BCUT2D eigenvalue weighted by molar-refractivity contribution is -0.145. The third kappa shape index (κ3) is 8.65. The minimum absolute atomic E-state index is 0.0459. The summed E-state index contributed by atoms with van der Waals surface area (Å²) in [6.45, 7) is 16.5. The number of hydrogen-bond acceptors (Lipinski definition) is 8. The first kappa shape index (κ1) is 37.0. The molecule has 13 heteroatoms. The van der Waals surface area contributed by atoms with Gasteiger partial charge in [-0.05, 0) is 62.0 Å². The van der Waals surface area contributed by atoms with E-state index in [-0.39, 0.29) is 35.1 Å². The molecule has 1 saturated carbocycles. The number of nitrogens with one attached hydrogen (secondary N) is 3. The summed E-state index contributed by atoms with van der Waals surface area (Å²) in [5.74, 6) is -3.41. The van der Waals surface area contributed by atoms with Crippen molar-refractivity contribution in [2.24, 2.45) is 22.7 Å². The van der Waals surface area contributed by atoms with Gasteiger partial charge in [0.2, 0.25) is 17.6 Å². The second-order valence-corrected chi connectivity index (χ2v) is 17.0. The molecule has 1 saturated heterocycles. The molecule has 0 spiro atoms. The second-order valence-electron chi connectivity index (χ2n) is 14.9. The number of carbonyl (C=O) groups is 5. The maximum atomic E-state index is 14.0. The molecule has 12 nitrogen and oxygen atoms in total. The number of benzene rings is 1. The first-order chi connectivity index (χ1) is 21.1. The van der Waals surface area contributed by atoms with Gasteiger partial charge in [0, 0.05) is 13.1 Å². The predicted molar refractivity (Wildman–Crippen MR) is 172 cm³/mol. The highest BCUT2D eigenvalue weighted by Gasteiger charge is 2.70. The lowest BCUT2D eigenvalue weighted by atomic mass is 9.85. The van der Waals surface area contributed by atoms with Crippen LogP contribution in [0.2, 0.25) is 0 Å². The Morgan fingerprint density at radius 1 is 1.00 bits per heavy atom. The van der Waals surface area contributed by atoms with Gasteiger partial charge in [0.25, 0.3) is 5.91 Å². The van der Waals surface area contributed by atoms with Gasteiger partial charge in [-0.2, -0.15) is 0 Å². The third-order valence-corrected chi connectivity index (χ3v) is 10.5. The lowest BCUT2D eigenvalue weighted by Gasteiger charge is -2.38. The number of carbonyl (C=O) groups excluding carboxylic acids is 5. The number of likely N-dealkylation sites (tertiary alicyclic amines) is 1. The Bertz CT molecular complexity index is 1430. The number of nitrogens with zero attached hydrogens (tertiary/aromatic N) is 1. The summed E-state index contributed by atoms with van der Waals surface area (Å²) in [6.07, 6.45) is -0.102. The molecule has 46 heavy (non-hydrogen) atoms. The van der Waals surface area contributed by atoms with E-state index in [9.17, 15) is 32.4 Å². The van der Waals surface area contributed by atoms with Gasteiger partial charge in [0.1, 0.15) is 17.7 Å². The van der Waals surface area contributed by atoms with E-state index in [1.165, 1.54) is 17.0 Å². The zero-order chi connectivity index (χ0) is 34.8. The molecule has 2 fully saturated rings. The summed E-state index contributed by atoms with van der Waals surface area (Å²) in [7, 11) is -3.67. The summed E-state index contributed by atoms with van der Waals surface area (Å²) < 4.78 is 30.5. The van der Waals surface area contributed by atoms with Crippen molar-refractivity contribution in [2.45, 2.75) is 104 Å². The first-order valence-corrected chi connectivity index (χ1v) is 17.5. The van der Waals surface area contributed by atoms with E-state index in [0.29, 0.717) is 13.0 Å². The normalized spacial score (nSPS) is 21.8. The van der Waals surface area contributed by atoms with Crippen LogP contribution in [0, 0.1) is 22.7 Å². The molecular formula is C33H50N4O8S. The number of fused-ring (bicyclic) bond motifs is 1. The van der Waals surface area contributed by atoms with E-state index in [2.05, 4.69) is 16.0 Å². The molecule has 3 N–H and O–H groups in total. The van der Waals surface area contributed by atoms with Crippen LogP contribution >= 0.6 is 0 Å². The van der Waals surface area contributed by atoms with Gasteiger partial charge >= 0.3 is 6.09 Å². The van der Waals surface area contributed by atoms with Gasteiger partial charge in [-0.3, -0.25) is 19.2 Å². The summed E-state index contributed by atoms with van der Waals surface area (Å²) >= 11 is 0. The van der Waals surface area contributed by atoms with Gasteiger partial charge < -0.3 is 25.6 Å². The predicted octanol–water partition coefficient (Wildman–Crippen LogP) is 2.85. The molecule has 0 radical (unpaired) electrons. The van der Waals surface area contributed by atoms with Crippen LogP contribution in [0.4, 0.5) is 4.79 Å². The van der Waals surface area contributed by atoms with E-state index >= 15 is 0 Å². The molecule has 4 amide bonds. The van der Waals surface area contributed by atoms with Crippen molar-refractivity contribution in [3.8, 4) is 0 Å². The zero-order valence-electron chi connectivity index (χ0n) is 28.4. The molecule has 3 rings (SSSR count). The number of ether oxygens (including phenoxy) is 1. The Hall–Kier alpha value is -3.48. The zero-order valence-corrected chi connectivity index (χ0v) is 29.2. The van der Waals surface area contributed by atoms with Gasteiger partial charge in [-0.1, -0.05) is 66.2 Å². The van der Waals surface area contributed by atoms with Crippen LogP contribution in [-0.2, 0) is 33.8 Å². The Balaban J connectivity index is 1.74. The number of Topliss-reactive ketones (excluding diaryl/α,β-unsaturated/α-hetero) is 1. The first-order valence-electron chi connectivity index (χ1n) is 15.8. The number of alkyl carbamates (subject to hydrolysis) is 1.